The SMILES string of the molecule is CN1CCN(C(=O)[C@@H]2CCN2S(=O)(=O)c2ccc(N3CCCC3)c(-c3cc4ccccc4[nH]3)c2)CC1=O.COCC(NS(=O)(=O)c1ccc(N2CCCC2)c(-c2cc3ccccc3[nH]2)c1)C(=O)N1CCOCC1.[HH].[HH].[HH]. The van der Waals surface area contributed by atoms with Crippen LogP contribution in [0, 0.1) is 0 Å². The summed E-state index contributed by atoms with van der Waals surface area (Å²) in [5, 5.41) is 2.12. The molecule has 2 aromatic heterocycles. The van der Waals surface area contributed by atoms with Crippen LogP contribution in [0.4, 0.5) is 11.4 Å². The van der Waals surface area contributed by atoms with E-state index in [0.717, 1.165) is 108 Å². The van der Waals surface area contributed by atoms with Crippen molar-refractivity contribution in [2.24, 2.45) is 0 Å². The summed E-state index contributed by atoms with van der Waals surface area (Å²) in [7, 11) is -4.75. The first-order valence-electron chi connectivity index (χ1n) is 25.2. The van der Waals surface area contributed by atoms with Crippen LogP contribution in [0.15, 0.2) is 107 Å². The number of carbonyl (C=O) groups excluding carboxylic acids is 3. The number of morpholine rings is 1. The molecule has 5 aliphatic rings. The van der Waals surface area contributed by atoms with Gasteiger partial charge in [-0.05, 0) is 92.8 Å². The van der Waals surface area contributed by atoms with Crippen LogP contribution < -0.4 is 14.5 Å². The number of methoxy groups -OCH3 is 1. The molecule has 2 atom stereocenters. The Bertz CT molecular complexity index is 3180. The van der Waals surface area contributed by atoms with Gasteiger partial charge >= 0.3 is 0 Å². The first kappa shape index (κ1) is 50.3. The molecule has 0 spiro atoms. The van der Waals surface area contributed by atoms with E-state index >= 15 is 0 Å². The van der Waals surface area contributed by atoms with Crippen molar-refractivity contribution >= 4 is 70.9 Å². The van der Waals surface area contributed by atoms with E-state index in [-0.39, 0.29) is 51.5 Å². The summed E-state index contributed by atoms with van der Waals surface area (Å²) in [5.74, 6) is -0.733. The van der Waals surface area contributed by atoms with E-state index in [1.165, 1.54) is 16.3 Å². The highest BCUT2D eigenvalue weighted by Gasteiger charge is 2.45. The van der Waals surface area contributed by atoms with Crippen molar-refractivity contribution < 1.29 is 45.0 Å². The van der Waals surface area contributed by atoms with Gasteiger partial charge in [-0.15, -0.1) is 0 Å². The van der Waals surface area contributed by atoms with Crippen molar-refractivity contribution in [2.45, 2.75) is 54.0 Å². The number of H-pyrrole nitrogens is 2. The van der Waals surface area contributed by atoms with E-state index in [2.05, 4.69) is 30.6 Å². The normalized spacial score (nSPS) is 19.3. The number of nitrogens with one attached hydrogen (secondary N) is 3. The van der Waals surface area contributed by atoms with Crippen molar-refractivity contribution in [3.63, 3.8) is 0 Å². The molecule has 392 valence electrons. The number of aromatic amines is 2. The predicted molar refractivity (Wildman–Crippen MR) is 287 cm³/mol. The highest BCUT2D eigenvalue weighted by atomic mass is 32.2. The number of hydrogen-bond donors (Lipinski definition) is 3. The fraction of sp³-hybridized carbons (Fsp3) is 0.415. The van der Waals surface area contributed by atoms with Crippen molar-refractivity contribution in [3.05, 3.63) is 97.1 Å². The molecule has 18 nitrogen and oxygen atoms in total. The lowest BCUT2D eigenvalue weighted by Crippen LogP contribution is -2.61. The molecule has 73 heavy (non-hydrogen) atoms. The molecular formula is C53H69N9O9S2. The molecule has 0 radical (unpaired) electrons. The first-order chi connectivity index (χ1) is 35.3. The van der Waals surface area contributed by atoms with Crippen molar-refractivity contribution in [1.82, 2.24) is 33.7 Å². The summed E-state index contributed by atoms with van der Waals surface area (Å²) in [6.07, 6.45) is 4.89. The molecule has 3 N–H and O–H groups in total. The molecule has 3 amide bonds. The number of likely N-dealkylation sites (N-methyl/N-ethyl adjacent to an activating group) is 1. The van der Waals surface area contributed by atoms with Gasteiger partial charge in [-0.25, -0.2) is 16.8 Å². The van der Waals surface area contributed by atoms with Crippen LogP contribution in [0.2, 0.25) is 0 Å². The zero-order valence-corrected chi connectivity index (χ0v) is 42.9. The van der Waals surface area contributed by atoms with Gasteiger partial charge in [-0.2, -0.15) is 9.03 Å². The van der Waals surface area contributed by atoms with Crippen molar-refractivity contribution in [3.8, 4) is 22.5 Å². The Morgan fingerprint density at radius 2 is 1.25 bits per heavy atom. The number of rotatable bonds is 13. The number of para-hydroxylation sites is 2. The maximum atomic E-state index is 13.8. The molecule has 4 aromatic carbocycles. The Kier molecular flexibility index (Phi) is 14.6. The van der Waals surface area contributed by atoms with Crippen LogP contribution in [-0.4, -0.2) is 175 Å². The molecule has 11 rings (SSSR count). The molecule has 0 aliphatic carbocycles. The summed E-state index contributed by atoms with van der Waals surface area (Å²) in [5.41, 5.74) is 7.37. The zero-order chi connectivity index (χ0) is 50.9. The van der Waals surface area contributed by atoms with Crippen LogP contribution in [0.5, 0.6) is 0 Å². The van der Waals surface area contributed by atoms with Gasteiger partial charge in [0.25, 0.3) is 0 Å². The Morgan fingerprint density at radius 1 is 0.699 bits per heavy atom. The van der Waals surface area contributed by atoms with Crippen LogP contribution in [0.25, 0.3) is 44.3 Å². The molecule has 1 unspecified atom stereocenters. The van der Waals surface area contributed by atoms with Gasteiger partial charge in [0.2, 0.25) is 37.8 Å². The lowest BCUT2D eigenvalue weighted by molar-refractivity contribution is -0.148. The number of sulfonamides is 2. The number of piperazine rings is 1. The van der Waals surface area contributed by atoms with E-state index in [9.17, 15) is 31.2 Å². The van der Waals surface area contributed by atoms with Gasteiger partial charge in [0.05, 0.1) is 36.2 Å². The second-order valence-electron chi connectivity index (χ2n) is 19.3. The summed E-state index contributed by atoms with van der Waals surface area (Å²) in [6.45, 7) is 6.55. The Balaban J connectivity index is 0.000000213. The minimum Gasteiger partial charge on any atom is -0.382 e. The maximum Gasteiger partial charge on any atom is 0.243 e. The molecule has 7 heterocycles. The van der Waals surface area contributed by atoms with Crippen LogP contribution in [0.1, 0.15) is 36.4 Å². The standard InChI is InChI=1S/C27H31N5O4S.C26H32N4O5S.3H2/c1-29-14-15-31(18-26(29)33)27(34)25-10-13-32(25)37(35,36)20-8-9-24(30-11-4-5-12-30)21(17-20)23-16-19-6-2-3-7-22(19)28-23;1-34-18-24(26(31)30-12-14-35-15-13-30)28-36(32,33)20-8-9-25(29-10-4-5-11-29)21(17-20)23-16-19-6-2-3-7-22(19)27-23;;;/h2-3,6-9,16-17,25,28H,4-5,10-15,18H2,1H3;2-3,6-9,16-17,24,27-28H,4-5,10-15,18H2,1H3;3*1H/t25-;;;;/m0..../s1. The highest BCUT2D eigenvalue weighted by Crippen LogP contribution is 2.39. The average Bonchev–Trinajstić information content (AvgIpc) is 4.27. The molecule has 20 heteroatoms. The maximum absolute atomic E-state index is 13.8. The van der Waals surface area contributed by atoms with E-state index in [4.69, 9.17) is 9.47 Å². The Morgan fingerprint density at radius 3 is 1.77 bits per heavy atom. The van der Waals surface area contributed by atoms with Gasteiger partial charge in [0.1, 0.15) is 12.1 Å². The number of aromatic nitrogens is 2. The van der Waals surface area contributed by atoms with Gasteiger partial charge in [-0.1, -0.05) is 36.4 Å². The number of amides is 3. The van der Waals surface area contributed by atoms with E-state index in [1.54, 1.807) is 41.1 Å². The fourth-order valence-corrected chi connectivity index (χ4v) is 13.3. The molecule has 0 bridgehead atoms. The summed E-state index contributed by atoms with van der Waals surface area (Å²) in [4.78, 5) is 54.8. The van der Waals surface area contributed by atoms with Gasteiger partial charge in [0.15, 0.2) is 0 Å². The third-order valence-electron chi connectivity index (χ3n) is 14.7. The first-order valence-corrected chi connectivity index (χ1v) is 28.1. The van der Waals surface area contributed by atoms with E-state index < -0.39 is 32.1 Å². The van der Waals surface area contributed by atoms with Crippen molar-refractivity contribution in [2.75, 3.05) is 109 Å². The number of anilines is 2. The smallest absolute Gasteiger partial charge is 0.243 e. The third-order valence-corrected chi connectivity index (χ3v) is 18.0. The van der Waals surface area contributed by atoms with Crippen molar-refractivity contribution in [1.29, 1.82) is 0 Å². The lowest BCUT2D eigenvalue weighted by Gasteiger charge is -2.42. The molecule has 6 aromatic rings. The molecular weight excluding hydrogens is 971 g/mol. The number of nitrogens with zero attached hydrogens (tertiary/aromatic N) is 6. The Hall–Kier alpha value is -6.29. The van der Waals surface area contributed by atoms with E-state index in [0.29, 0.717) is 45.8 Å². The summed E-state index contributed by atoms with van der Waals surface area (Å²) < 4.78 is 69.0. The second-order valence-corrected chi connectivity index (χ2v) is 23.0. The second kappa shape index (κ2) is 21.3. The number of ether oxygens (including phenoxy) is 2. The molecule has 0 saturated carbocycles. The van der Waals surface area contributed by atoms with Crippen LogP contribution in [-0.2, 0) is 43.9 Å². The Labute approximate surface area is 430 Å². The zero-order valence-electron chi connectivity index (χ0n) is 41.3. The number of benzene rings is 4. The van der Waals surface area contributed by atoms with Gasteiger partial charge in [0, 0.05) is 133 Å². The van der Waals surface area contributed by atoms with Gasteiger partial charge < -0.3 is 43.9 Å². The number of hydrogen-bond acceptors (Lipinski definition) is 11. The summed E-state index contributed by atoms with van der Waals surface area (Å²) >= 11 is 0. The molecule has 5 saturated heterocycles. The third kappa shape index (κ3) is 10.5. The minimum absolute atomic E-state index is 0. The number of carbonyl (C=O) groups is 3. The highest BCUT2D eigenvalue weighted by molar-refractivity contribution is 7.89. The topological polar surface area (TPSA) is 201 Å². The quantitative estimate of drug-likeness (QED) is 0.126. The largest absolute Gasteiger partial charge is 0.382 e. The monoisotopic (exact) mass is 1040 g/mol. The average molecular weight is 1040 g/mol. The lowest BCUT2D eigenvalue weighted by atomic mass is 10.1. The molecule has 5 fully saturated rings. The van der Waals surface area contributed by atoms with E-state index in [1.807, 2.05) is 66.7 Å². The molecule has 5 aliphatic heterocycles. The summed E-state index contributed by atoms with van der Waals surface area (Å²) in [6, 6.07) is 28.8. The minimum atomic E-state index is -4.01. The fourth-order valence-electron chi connectivity index (χ4n) is 10.5. The van der Waals surface area contributed by atoms with Gasteiger partial charge in [-0.3, -0.25) is 14.4 Å². The van der Waals surface area contributed by atoms with Crippen LogP contribution >= 0.6 is 0 Å². The predicted octanol–water partition coefficient (Wildman–Crippen LogP) is 5.82. The number of fused-ring (bicyclic) bond motifs is 2. The van der Waals surface area contributed by atoms with Crippen LogP contribution in [0.3, 0.4) is 0 Å².